The third-order valence-electron chi connectivity index (χ3n) is 2.78. The van der Waals surface area contributed by atoms with Crippen molar-refractivity contribution in [2.45, 2.75) is 12.8 Å². The van der Waals surface area contributed by atoms with Gasteiger partial charge in [0.2, 0.25) is 0 Å². The highest BCUT2D eigenvalue weighted by Gasteiger charge is 2.24. The highest BCUT2D eigenvalue weighted by molar-refractivity contribution is 6.31. The van der Waals surface area contributed by atoms with E-state index in [-0.39, 0.29) is 17.5 Å². The maximum absolute atomic E-state index is 13.5. The van der Waals surface area contributed by atoms with Crippen LogP contribution in [0.4, 0.5) is 4.39 Å². The second kappa shape index (κ2) is 4.93. The Labute approximate surface area is 98.4 Å². The fourth-order valence-corrected chi connectivity index (χ4v) is 2.08. The zero-order valence-electron chi connectivity index (χ0n) is 8.71. The highest BCUT2D eigenvalue weighted by Crippen LogP contribution is 2.24. The molecule has 0 unspecified atom stereocenters. The first kappa shape index (κ1) is 11.6. The van der Waals surface area contributed by atoms with Crippen molar-refractivity contribution in [2.75, 3.05) is 13.2 Å². The van der Waals surface area contributed by atoms with Crippen LogP contribution in [0.25, 0.3) is 0 Å². The molecule has 1 fully saturated rings. The van der Waals surface area contributed by atoms with Crippen molar-refractivity contribution >= 4 is 17.4 Å². The van der Waals surface area contributed by atoms with Crippen molar-refractivity contribution in [1.29, 1.82) is 0 Å². The first-order valence-corrected chi connectivity index (χ1v) is 5.59. The molecule has 2 nitrogen and oxygen atoms in total. The van der Waals surface area contributed by atoms with Gasteiger partial charge in [0.1, 0.15) is 11.6 Å². The van der Waals surface area contributed by atoms with Gasteiger partial charge in [0.05, 0.1) is 13.2 Å². The van der Waals surface area contributed by atoms with E-state index in [1.807, 2.05) is 0 Å². The maximum Gasteiger partial charge on any atom is 0.140 e. The molecule has 1 aliphatic heterocycles. The zero-order chi connectivity index (χ0) is 11.5. The summed E-state index contributed by atoms with van der Waals surface area (Å²) in [6, 6.07) is 4.55. The lowest BCUT2D eigenvalue weighted by Crippen LogP contribution is -2.29. The Morgan fingerprint density at radius 3 is 3.00 bits per heavy atom. The molecular weight excluding hydrogens is 231 g/mol. The van der Waals surface area contributed by atoms with E-state index >= 15 is 0 Å². The summed E-state index contributed by atoms with van der Waals surface area (Å²) in [5, 5.41) is 0.373. The van der Waals surface area contributed by atoms with Crippen LogP contribution in [-0.2, 0) is 16.0 Å². The van der Waals surface area contributed by atoms with Crippen LogP contribution in [0.1, 0.15) is 12.0 Å². The number of benzene rings is 1. The number of ketones is 1. The molecule has 16 heavy (non-hydrogen) atoms. The Balaban J connectivity index is 2.16. The third kappa shape index (κ3) is 2.42. The molecule has 0 amide bonds. The molecule has 0 spiro atoms. The van der Waals surface area contributed by atoms with Gasteiger partial charge in [-0.3, -0.25) is 4.79 Å². The summed E-state index contributed by atoms with van der Waals surface area (Å²) in [6.45, 7) is 0.837. The number of rotatable bonds is 2. The molecule has 1 aromatic carbocycles. The fraction of sp³-hybridized carbons (Fsp3) is 0.417. The lowest BCUT2D eigenvalue weighted by atomic mass is 9.93. The Kier molecular flexibility index (Phi) is 3.56. The Bertz CT molecular complexity index is 386. The average Bonchev–Trinajstić information content (AvgIpc) is 2.26. The molecule has 1 aliphatic rings. The van der Waals surface area contributed by atoms with E-state index in [1.165, 1.54) is 6.07 Å². The Hall–Kier alpha value is -0.930. The standard InChI is InChI=1S/C12H12ClFO2/c13-10-2-1-3-11(14)9(10)6-8-7-16-5-4-12(8)15/h1-3,8H,4-7H2/t8-/m0/s1. The molecule has 0 radical (unpaired) electrons. The van der Waals surface area contributed by atoms with E-state index in [0.29, 0.717) is 36.6 Å². The largest absolute Gasteiger partial charge is 0.380 e. The van der Waals surface area contributed by atoms with Gasteiger partial charge >= 0.3 is 0 Å². The van der Waals surface area contributed by atoms with Crippen molar-refractivity contribution in [3.05, 3.63) is 34.6 Å². The molecule has 0 aliphatic carbocycles. The van der Waals surface area contributed by atoms with Crippen molar-refractivity contribution in [1.82, 2.24) is 0 Å². The van der Waals surface area contributed by atoms with E-state index in [2.05, 4.69) is 0 Å². The number of carbonyl (C=O) groups excluding carboxylic acids is 1. The Morgan fingerprint density at radius 1 is 1.50 bits per heavy atom. The molecule has 0 bridgehead atoms. The molecule has 0 saturated carbocycles. The van der Waals surface area contributed by atoms with Gasteiger partial charge < -0.3 is 4.74 Å². The minimum Gasteiger partial charge on any atom is -0.380 e. The molecule has 0 aromatic heterocycles. The SMILES string of the molecule is O=C1CCOC[C@@H]1Cc1c(F)cccc1Cl. The van der Waals surface area contributed by atoms with Gasteiger partial charge in [0.25, 0.3) is 0 Å². The van der Waals surface area contributed by atoms with E-state index in [9.17, 15) is 9.18 Å². The van der Waals surface area contributed by atoms with Gasteiger partial charge in [-0.2, -0.15) is 0 Å². The first-order chi connectivity index (χ1) is 7.68. The molecule has 1 heterocycles. The van der Waals surface area contributed by atoms with E-state index < -0.39 is 0 Å². The van der Waals surface area contributed by atoms with Crippen molar-refractivity contribution < 1.29 is 13.9 Å². The highest BCUT2D eigenvalue weighted by atomic mass is 35.5. The summed E-state index contributed by atoms with van der Waals surface area (Å²) < 4.78 is 18.7. The maximum atomic E-state index is 13.5. The van der Waals surface area contributed by atoms with Crippen molar-refractivity contribution in [3.63, 3.8) is 0 Å². The van der Waals surface area contributed by atoms with Crippen molar-refractivity contribution in [3.8, 4) is 0 Å². The number of halogens is 2. The lowest BCUT2D eigenvalue weighted by Gasteiger charge is -2.21. The molecule has 4 heteroatoms. The fourth-order valence-electron chi connectivity index (χ4n) is 1.84. The van der Waals surface area contributed by atoms with Gasteiger partial charge in [-0.1, -0.05) is 17.7 Å². The van der Waals surface area contributed by atoms with Crippen LogP contribution in [0.5, 0.6) is 0 Å². The summed E-state index contributed by atoms with van der Waals surface area (Å²) in [4.78, 5) is 11.6. The average molecular weight is 243 g/mol. The van der Waals surface area contributed by atoms with Gasteiger partial charge in [0, 0.05) is 22.9 Å². The smallest absolute Gasteiger partial charge is 0.140 e. The molecule has 1 atom stereocenters. The number of hydrogen-bond acceptors (Lipinski definition) is 2. The van der Waals surface area contributed by atoms with Gasteiger partial charge in [-0.05, 0) is 18.6 Å². The van der Waals surface area contributed by atoms with Crippen LogP contribution < -0.4 is 0 Å². The minimum absolute atomic E-state index is 0.130. The van der Waals surface area contributed by atoms with Crippen molar-refractivity contribution in [2.24, 2.45) is 5.92 Å². The molecule has 86 valence electrons. The van der Waals surface area contributed by atoms with Crippen LogP contribution in [0.2, 0.25) is 5.02 Å². The lowest BCUT2D eigenvalue weighted by molar-refractivity contribution is -0.130. The third-order valence-corrected chi connectivity index (χ3v) is 3.13. The van der Waals surface area contributed by atoms with Gasteiger partial charge in [-0.15, -0.1) is 0 Å². The van der Waals surface area contributed by atoms with E-state index in [0.717, 1.165) is 0 Å². The predicted molar refractivity (Wildman–Crippen MR) is 59.0 cm³/mol. The van der Waals surface area contributed by atoms with Gasteiger partial charge in [-0.25, -0.2) is 4.39 Å². The van der Waals surface area contributed by atoms with E-state index in [4.69, 9.17) is 16.3 Å². The summed E-state index contributed by atoms with van der Waals surface area (Å²) in [6.07, 6.45) is 0.737. The van der Waals surface area contributed by atoms with Crippen LogP contribution in [0.15, 0.2) is 18.2 Å². The van der Waals surface area contributed by atoms with E-state index in [1.54, 1.807) is 12.1 Å². The number of ether oxygens (including phenoxy) is 1. The van der Waals surface area contributed by atoms with Crippen LogP contribution in [0, 0.1) is 11.7 Å². The first-order valence-electron chi connectivity index (χ1n) is 5.22. The number of carbonyl (C=O) groups is 1. The Morgan fingerprint density at radius 2 is 2.31 bits per heavy atom. The second-order valence-electron chi connectivity index (χ2n) is 3.89. The zero-order valence-corrected chi connectivity index (χ0v) is 9.47. The van der Waals surface area contributed by atoms with Crippen LogP contribution >= 0.6 is 11.6 Å². The van der Waals surface area contributed by atoms with Crippen LogP contribution in [0.3, 0.4) is 0 Å². The molecule has 1 saturated heterocycles. The summed E-state index contributed by atoms with van der Waals surface area (Å²) >= 11 is 5.90. The monoisotopic (exact) mass is 242 g/mol. The number of hydrogen-bond donors (Lipinski definition) is 0. The summed E-state index contributed by atoms with van der Waals surface area (Å²) in [5.41, 5.74) is 0.410. The second-order valence-corrected chi connectivity index (χ2v) is 4.30. The van der Waals surface area contributed by atoms with Gasteiger partial charge in [0.15, 0.2) is 0 Å². The minimum atomic E-state index is -0.356. The number of Topliss-reactive ketones (excluding diaryl/α,β-unsaturated/α-hetero) is 1. The summed E-state index contributed by atoms with van der Waals surface area (Å²) in [5.74, 6) is -0.486. The topological polar surface area (TPSA) is 26.3 Å². The molecule has 0 N–H and O–H groups in total. The molecule has 2 rings (SSSR count). The normalized spacial score (nSPS) is 21.1. The molecule has 1 aromatic rings. The summed E-state index contributed by atoms with van der Waals surface area (Å²) in [7, 11) is 0. The quantitative estimate of drug-likeness (QED) is 0.797. The predicted octanol–water partition coefficient (Wildman–Crippen LogP) is 2.63. The molecular formula is C12H12ClFO2. The van der Waals surface area contributed by atoms with Crippen LogP contribution in [-0.4, -0.2) is 19.0 Å².